The number of rotatable bonds is 4. The molecule has 0 aromatic heterocycles. The first kappa shape index (κ1) is 11.5. The number of nitro benzene ring substituents is 1. The van der Waals surface area contributed by atoms with Crippen LogP contribution in [-0.2, 0) is 6.54 Å². The van der Waals surface area contributed by atoms with Gasteiger partial charge in [-0.2, -0.15) is 0 Å². The Balaban J connectivity index is 2.99. The smallest absolute Gasteiger partial charge is 0.292 e. The lowest BCUT2D eigenvalue weighted by atomic mass is 10.1. The molecular weight excluding hydrogens is 194 g/mol. The van der Waals surface area contributed by atoms with E-state index in [1.54, 1.807) is 6.07 Å². The van der Waals surface area contributed by atoms with E-state index in [0.29, 0.717) is 6.54 Å². The topological polar surface area (TPSA) is 72.4 Å². The van der Waals surface area contributed by atoms with Crippen LogP contribution in [0, 0.1) is 10.1 Å². The van der Waals surface area contributed by atoms with Gasteiger partial charge in [0, 0.05) is 12.6 Å². The normalized spacial score (nSPS) is 10.6. The minimum Gasteiger partial charge on any atom is -0.393 e. The van der Waals surface area contributed by atoms with E-state index >= 15 is 0 Å². The molecule has 0 bridgehead atoms. The number of hydrogen-bond donors (Lipinski definition) is 1. The third-order valence-corrected chi connectivity index (χ3v) is 2.35. The summed E-state index contributed by atoms with van der Waals surface area (Å²) in [5, 5.41) is 10.6. The fraction of sp³-hybridized carbons (Fsp3) is 0.400. The Labute approximate surface area is 88.6 Å². The first-order valence-corrected chi connectivity index (χ1v) is 4.76. The minimum absolute atomic E-state index is 0.0167. The van der Waals surface area contributed by atoms with Gasteiger partial charge in [-0.3, -0.25) is 10.1 Å². The molecule has 0 saturated heterocycles. The van der Waals surface area contributed by atoms with Gasteiger partial charge in [0.05, 0.1) is 4.92 Å². The second kappa shape index (κ2) is 4.75. The van der Waals surface area contributed by atoms with E-state index in [9.17, 15) is 10.1 Å². The van der Waals surface area contributed by atoms with E-state index in [2.05, 4.69) is 0 Å². The lowest BCUT2D eigenvalue weighted by Gasteiger charge is -2.14. The maximum Gasteiger partial charge on any atom is 0.292 e. The van der Waals surface area contributed by atoms with Gasteiger partial charge in [-0.1, -0.05) is 19.1 Å². The number of nitro groups is 1. The largest absolute Gasteiger partial charge is 0.393 e. The van der Waals surface area contributed by atoms with Crippen molar-refractivity contribution in [1.29, 1.82) is 0 Å². The van der Waals surface area contributed by atoms with Gasteiger partial charge in [0.2, 0.25) is 0 Å². The van der Waals surface area contributed by atoms with E-state index in [0.717, 1.165) is 12.1 Å². The third-order valence-electron chi connectivity index (χ3n) is 2.35. The van der Waals surface area contributed by atoms with Crippen molar-refractivity contribution in [3.63, 3.8) is 0 Å². The van der Waals surface area contributed by atoms with E-state index in [1.807, 2.05) is 24.9 Å². The summed E-state index contributed by atoms with van der Waals surface area (Å²) < 4.78 is 0. The minimum atomic E-state index is -0.454. The average Bonchev–Trinajstić information content (AvgIpc) is 2.20. The molecule has 0 atom stereocenters. The lowest BCUT2D eigenvalue weighted by molar-refractivity contribution is -0.384. The van der Waals surface area contributed by atoms with Crippen LogP contribution < -0.4 is 5.73 Å². The van der Waals surface area contributed by atoms with Crippen LogP contribution in [0.2, 0.25) is 0 Å². The van der Waals surface area contributed by atoms with Gasteiger partial charge in [0.15, 0.2) is 0 Å². The van der Waals surface area contributed by atoms with Crippen molar-refractivity contribution in [1.82, 2.24) is 4.90 Å². The molecule has 0 amide bonds. The van der Waals surface area contributed by atoms with Crippen LogP contribution in [0.5, 0.6) is 0 Å². The Morgan fingerprint density at radius 2 is 2.20 bits per heavy atom. The molecule has 5 heteroatoms. The SMILES string of the molecule is CCN(C)Cc1cccc([N+](=O)[O-])c1N. The van der Waals surface area contributed by atoms with Crippen molar-refractivity contribution in [2.75, 3.05) is 19.3 Å². The first-order valence-electron chi connectivity index (χ1n) is 4.76. The predicted molar refractivity (Wildman–Crippen MR) is 59.5 cm³/mol. The summed E-state index contributed by atoms with van der Waals surface area (Å²) in [5.74, 6) is 0. The quantitative estimate of drug-likeness (QED) is 0.464. The summed E-state index contributed by atoms with van der Waals surface area (Å²) in [5.41, 5.74) is 6.77. The third kappa shape index (κ3) is 2.66. The molecule has 0 spiro atoms. The molecule has 2 N–H and O–H groups in total. The van der Waals surface area contributed by atoms with Crippen molar-refractivity contribution in [2.24, 2.45) is 0 Å². The zero-order valence-electron chi connectivity index (χ0n) is 8.93. The Morgan fingerprint density at radius 3 is 2.73 bits per heavy atom. The fourth-order valence-corrected chi connectivity index (χ4v) is 1.30. The van der Waals surface area contributed by atoms with Crippen molar-refractivity contribution in [3.05, 3.63) is 33.9 Å². The summed E-state index contributed by atoms with van der Waals surface area (Å²) in [6.45, 7) is 3.53. The molecule has 0 unspecified atom stereocenters. The predicted octanol–water partition coefficient (Wildman–Crippen LogP) is 1.63. The molecule has 0 radical (unpaired) electrons. The molecule has 0 aliphatic rings. The summed E-state index contributed by atoms with van der Waals surface area (Å²) in [6, 6.07) is 4.90. The molecule has 1 aromatic carbocycles. The number of benzene rings is 1. The maximum atomic E-state index is 10.6. The molecule has 0 aliphatic heterocycles. The molecule has 0 heterocycles. The Bertz CT molecular complexity index is 366. The van der Waals surface area contributed by atoms with Gasteiger partial charge in [-0.25, -0.2) is 0 Å². The zero-order valence-corrected chi connectivity index (χ0v) is 8.93. The summed E-state index contributed by atoms with van der Waals surface area (Å²) in [6.07, 6.45) is 0. The fourth-order valence-electron chi connectivity index (χ4n) is 1.30. The van der Waals surface area contributed by atoms with Crippen LogP contribution in [0.25, 0.3) is 0 Å². The number of nitrogens with two attached hydrogens (primary N) is 1. The average molecular weight is 209 g/mol. The number of nitrogens with zero attached hydrogens (tertiary/aromatic N) is 2. The van der Waals surface area contributed by atoms with Crippen LogP contribution in [0.4, 0.5) is 11.4 Å². The molecule has 5 nitrogen and oxygen atoms in total. The zero-order chi connectivity index (χ0) is 11.4. The van der Waals surface area contributed by atoms with Crippen LogP contribution >= 0.6 is 0 Å². The highest BCUT2D eigenvalue weighted by atomic mass is 16.6. The molecule has 0 saturated carbocycles. The van der Waals surface area contributed by atoms with Crippen molar-refractivity contribution < 1.29 is 4.92 Å². The molecule has 1 rings (SSSR count). The molecule has 15 heavy (non-hydrogen) atoms. The lowest BCUT2D eigenvalue weighted by Crippen LogP contribution is -2.17. The van der Waals surface area contributed by atoms with Gasteiger partial charge < -0.3 is 10.6 Å². The van der Waals surface area contributed by atoms with E-state index < -0.39 is 4.92 Å². The van der Waals surface area contributed by atoms with E-state index in [1.165, 1.54) is 6.07 Å². The van der Waals surface area contributed by atoms with Gasteiger partial charge in [0.1, 0.15) is 5.69 Å². The van der Waals surface area contributed by atoms with Crippen molar-refractivity contribution >= 4 is 11.4 Å². The highest BCUT2D eigenvalue weighted by Gasteiger charge is 2.14. The van der Waals surface area contributed by atoms with Gasteiger partial charge in [-0.15, -0.1) is 0 Å². The molecule has 82 valence electrons. The number of para-hydroxylation sites is 1. The van der Waals surface area contributed by atoms with Crippen molar-refractivity contribution in [3.8, 4) is 0 Å². The van der Waals surface area contributed by atoms with Gasteiger partial charge >= 0.3 is 0 Å². The Kier molecular flexibility index (Phi) is 3.62. The number of hydrogen-bond acceptors (Lipinski definition) is 4. The second-order valence-corrected chi connectivity index (χ2v) is 3.44. The van der Waals surface area contributed by atoms with Crippen LogP contribution in [0.1, 0.15) is 12.5 Å². The number of nitrogen functional groups attached to an aromatic ring is 1. The molecule has 0 fully saturated rings. The van der Waals surface area contributed by atoms with Crippen LogP contribution in [-0.4, -0.2) is 23.4 Å². The summed E-state index contributed by atoms with van der Waals surface area (Å²) >= 11 is 0. The highest BCUT2D eigenvalue weighted by molar-refractivity contribution is 5.62. The molecule has 0 aliphatic carbocycles. The summed E-state index contributed by atoms with van der Waals surface area (Å²) in [7, 11) is 1.94. The molecule has 1 aromatic rings. The number of anilines is 1. The second-order valence-electron chi connectivity index (χ2n) is 3.44. The van der Waals surface area contributed by atoms with E-state index in [4.69, 9.17) is 5.73 Å². The molecular formula is C10H15N3O2. The first-order chi connectivity index (χ1) is 7.06. The Morgan fingerprint density at radius 1 is 1.53 bits per heavy atom. The highest BCUT2D eigenvalue weighted by Crippen LogP contribution is 2.25. The maximum absolute atomic E-state index is 10.6. The van der Waals surface area contributed by atoms with Crippen LogP contribution in [0.15, 0.2) is 18.2 Å². The monoisotopic (exact) mass is 209 g/mol. The van der Waals surface area contributed by atoms with Gasteiger partial charge in [0.25, 0.3) is 5.69 Å². The standard InChI is InChI=1S/C10H15N3O2/c1-3-12(2)7-8-5-4-6-9(10(8)11)13(14)15/h4-6H,3,7,11H2,1-2H3. The van der Waals surface area contributed by atoms with Crippen molar-refractivity contribution in [2.45, 2.75) is 13.5 Å². The summed E-state index contributed by atoms with van der Waals surface area (Å²) in [4.78, 5) is 12.2. The van der Waals surface area contributed by atoms with E-state index in [-0.39, 0.29) is 11.4 Å². The Hall–Kier alpha value is -1.62. The van der Waals surface area contributed by atoms with Crippen LogP contribution in [0.3, 0.4) is 0 Å². The van der Waals surface area contributed by atoms with Gasteiger partial charge in [-0.05, 0) is 19.2 Å².